The fourth-order valence-corrected chi connectivity index (χ4v) is 19.9. The highest BCUT2D eigenvalue weighted by molar-refractivity contribution is 6.11. The molecule has 0 aromatic rings. The number of hydroxylamine groups is 1. The number of nitrogens with one attached hydrogen (secondary N) is 1. The monoisotopic (exact) mass is 1090 g/mol. The molecule has 10 heteroatoms. The van der Waals surface area contributed by atoms with Gasteiger partial charge in [0.1, 0.15) is 11.6 Å². The van der Waals surface area contributed by atoms with Crippen molar-refractivity contribution in [3.63, 3.8) is 0 Å². The van der Waals surface area contributed by atoms with Crippen LogP contribution in [0.15, 0.2) is 58.0 Å². The van der Waals surface area contributed by atoms with Crippen molar-refractivity contribution in [1.29, 1.82) is 0 Å². The van der Waals surface area contributed by atoms with Gasteiger partial charge in [-0.25, -0.2) is 15.2 Å². The lowest BCUT2D eigenvalue weighted by Gasteiger charge is -2.68. The summed E-state index contributed by atoms with van der Waals surface area (Å²) in [5, 5.41) is 7.32. The standard InChI is InChI=1S/C33H45NO3.C33H43NO3.CH5NO.2CH4/c2*1-9-10-26(36)33-15-13-29(3,4)18-22(33)27-24(35)17-25-30(5)19-23(34-8)28(37)20(2)21(30)11-12-31(25,6)32(27,7)14-16-33;1-2-3;;/h17,19-22,27H,9-16,18H2,1-7H3;17,19,22,27H,9-16,18H2,1-7H3;2-3H,1H3;2*1H4/t20-,21-,22-,27-,30-,31+,32+,33-;22-,27-,30-,31+,32+,33-;;;/m00.../s1/i;;;2*1T. The molecule has 0 saturated heterocycles. The number of ketones is 6. The Balaban J connectivity index is 0.000000235. The van der Waals surface area contributed by atoms with E-state index in [0.717, 1.165) is 119 Å². The summed E-state index contributed by atoms with van der Waals surface area (Å²) in [4.78, 5) is 89.3. The Labute approximate surface area is 479 Å². The summed E-state index contributed by atoms with van der Waals surface area (Å²) in [5.41, 5.74) is 3.63. The van der Waals surface area contributed by atoms with Gasteiger partial charge in [-0.1, -0.05) is 121 Å². The molecule has 6 saturated carbocycles. The molecule has 10 rings (SSSR count). The van der Waals surface area contributed by atoms with E-state index in [4.69, 9.17) is 21.1 Å². The van der Waals surface area contributed by atoms with Crippen molar-refractivity contribution in [1.82, 2.24) is 5.48 Å². The van der Waals surface area contributed by atoms with Gasteiger partial charge >= 0.3 is 0 Å². The smallest absolute Gasteiger partial charge is 0.230 e. The van der Waals surface area contributed by atoms with E-state index in [2.05, 4.69) is 92.8 Å². The van der Waals surface area contributed by atoms with Gasteiger partial charge in [-0.15, -0.1) is 0 Å². The molecule has 0 aliphatic heterocycles. The molecule has 79 heavy (non-hydrogen) atoms. The molecule has 10 nitrogen and oxygen atoms in total. The summed E-state index contributed by atoms with van der Waals surface area (Å²) in [6.45, 7) is 46.2. The van der Waals surface area contributed by atoms with Gasteiger partial charge in [-0.05, 0) is 190 Å². The molecule has 0 heterocycles. The molecule has 0 aromatic heterocycles. The molecule has 0 spiro atoms. The third kappa shape index (κ3) is 9.11. The van der Waals surface area contributed by atoms with E-state index in [0.29, 0.717) is 30.0 Å². The molecule has 2 N–H and O–H groups in total. The molecular weight excluding hydrogens is 983 g/mol. The van der Waals surface area contributed by atoms with Crippen LogP contribution in [0.25, 0.3) is 9.69 Å². The number of nitrogens with zero attached hydrogens (tertiary/aromatic N) is 2. The van der Waals surface area contributed by atoms with Crippen molar-refractivity contribution in [2.24, 2.45) is 89.7 Å². The largest absolute Gasteiger partial charge is 0.317 e. The summed E-state index contributed by atoms with van der Waals surface area (Å²) in [6, 6.07) is 0. The first-order valence-electron chi connectivity index (χ1n) is 31.7. The highest BCUT2D eigenvalue weighted by Gasteiger charge is 2.71. The van der Waals surface area contributed by atoms with E-state index in [1.54, 1.807) is 5.48 Å². The van der Waals surface area contributed by atoms with E-state index < -0.39 is 10.8 Å². The van der Waals surface area contributed by atoms with E-state index in [1.165, 1.54) is 21.9 Å². The van der Waals surface area contributed by atoms with Crippen LogP contribution in [0.5, 0.6) is 0 Å². The van der Waals surface area contributed by atoms with Crippen LogP contribution >= 0.6 is 0 Å². The summed E-state index contributed by atoms with van der Waals surface area (Å²) >= 11 is 0. The molecule has 0 aromatic carbocycles. The SMILES string of the molecule is CNO.[3H]C.[3H]C.[C-]#[N+]C1=C[C@]2(C)C3=CC(=O)[C@@H]4[C@@H]5CC(C)(C)CC[C@]5(C(=O)CCC)CC[C@@]4(C)[C@]3(C)CCC2=C(C)C1=O.[C-]#[N+]C1=C[C@]2(C)C3=CC(=O)[C@@H]4[C@@H]5CC(C)(C)CC[C@]5(C(=O)CCC)CC[C@@]4(C)[C@]3(C)CC[C@H]2[C@H](C)C1=O. The van der Waals surface area contributed by atoms with Gasteiger partial charge in [0.25, 0.3) is 0 Å². The topological polar surface area (TPSA) is 143 Å². The van der Waals surface area contributed by atoms with Crippen molar-refractivity contribution < 1.29 is 36.7 Å². The number of rotatable bonds is 6. The van der Waals surface area contributed by atoms with Crippen molar-refractivity contribution in [3.8, 4) is 0 Å². The second-order valence-electron chi connectivity index (χ2n) is 29.2. The maximum absolute atomic E-state index is 14.4. The molecule has 14 atom stereocenters. The highest BCUT2D eigenvalue weighted by atomic mass is 16.5. The highest BCUT2D eigenvalue weighted by Crippen LogP contribution is 2.76. The Kier molecular flexibility index (Phi) is 16.5. The third-order valence-electron chi connectivity index (χ3n) is 24.5. The second kappa shape index (κ2) is 21.4. The number of hydrogen-bond donors (Lipinski definition) is 2. The lowest BCUT2D eigenvalue weighted by atomic mass is 9.34. The molecule has 0 radical (unpaired) electrons. The number of Topliss-reactive ketones (excluding diaryl/α,β-unsaturated/α-hetero) is 4. The molecule has 0 unspecified atom stereocenters. The lowest BCUT2D eigenvalue weighted by molar-refractivity contribution is -0.176. The number of hydrogen-bond acceptors (Lipinski definition) is 8. The van der Waals surface area contributed by atoms with Crippen LogP contribution in [0.4, 0.5) is 0 Å². The summed E-state index contributed by atoms with van der Waals surface area (Å²) in [7, 11) is 3.93. The molecule has 10 aliphatic rings. The zero-order valence-electron chi connectivity index (χ0n) is 53.8. The third-order valence-corrected chi connectivity index (χ3v) is 24.5. The average molecular weight is 1090 g/mol. The maximum Gasteiger partial charge on any atom is 0.230 e. The van der Waals surface area contributed by atoms with Crippen molar-refractivity contribution in [2.45, 2.75) is 227 Å². The van der Waals surface area contributed by atoms with E-state index in [1.807, 2.05) is 38.2 Å². The van der Waals surface area contributed by atoms with Gasteiger partial charge in [0, 0.05) is 62.0 Å². The van der Waals surface area contributed by atoms with Crippen molar-refractivity contribution >= 4 is 34.7 Å². The summed E-state index contributed by atoms with van der Waals surface area (Å²) in [5.74, 6) is 0.664. The van der Waals surface area contributed by atoms with E-state index in [9.17, 15) is 28.8 Å². The Morgan fingerprint density at radius 2 is 1.09 bits per heavy atom. The van der Waals surface area contributed by atoms with Crippen LogP contribution in [0.2, 0.25) is 0 Å². The predicted octanol–water partition coefficient (Wildman–Crippen LogP) is 16.0. The van der Waals surface area contributed by atoms with Gasteiger partial charge in [0.15, 0.2) is 23.1 Å². The van der Waals surface area contributed by atoms with Gasteiger partial charge in [-0.3, -0.25) is 19.2 Å². The molecule has 6 fully saturated rings. The van der Waals surface area contributed by atoms with Gasteiger partial charge < -0.3 is 14.8 Å². The van der Waals surface area contributed by atoms with Gasteiger partial charge in [0.2, 0.25) is 11.4 Å². The van der Waals surface area contributed by atoms with Crippen LogP contribution < -0.4 is 5.48 Å². The Hall–Kier alpha value is -4.38. The summed E-state index contributed by atoms with van der Waals surface area (Å²) in [6.07, 6.45) is 23.4. The minimum atomic E-state index is -0.590. The average Bonchev–Trinajstić information content (AvgIpc) is 3.00. The number of carbonyl (C=O) groups excluding carboxylic acids is 6. The predicted molar refractivity (Wildman–Crippen MR) is 315 cm³/mol. The summed E-state index contributed by atoms with van der Waals surface area (Å²) < 4.78 is 11.5. The van der Waals surface area contributed by atoms with Crippen LogP contribution in [0, 0.1) is 103 Å². The Bertz CT molecular complexity index is 2810. The first-order valence-corrected chi connectivity index (χ1v) is 29.7. The van der Waals surface area contributed by atoms with Gasteiger partial charge in [0.05, 0.1) is 13.1 Å². The maximum atomic E-state index is 14.4. The van der Waals surface area contributed by atoms with Gasteiger partial charge in [-0.2, -0.15) is 0 Å². The first-order chi connectivity index (χ1) is 37.8. The van der Waals surface area contributed by atoms with Crippen molar-refractivity contribution in [3.05, 3.63) is 80.8 Å². The molecule has 0 amide bonds. The van der Waals surface area contributed by atoms with Crippen LogP contribution in [0.3, 0.4) is 0 Å². The Morgan fingerprint density at radius 3 is 1.53 bits per heavy atom. The fraction of sp³-hybridized carbons (Fsp3) is 0.739. The quantitative estimate of drug-likeness (QED) is 0.198. The number of allylic oxidation sites excluding steroid dienone is 9. The normalized spacial score (nSPS) is 42.0. The molecule has 434 valence electrons. The first kappa shape index (κ1) is 60.7. The molecular formula is C69H101N3O7. The molecule has 10 aliphatic carbocycles. The van der Waals surface area contributed by atoms with Crippen LogP contribution in [0.1, 0.15) is 230 Å². The lowest BCUT2D eigenvalue weighted by Crippen LogP contribution is -2.65. The zero-order valence-corrected chi connectivity index (χ0v) is 51.8. The van der Waals surface area contributed by atoms with Crippen molar-refractivity contribution in [2.75, 3.05) is 7.05 Å². The van der Waals surface area contributed by atoms with E-state index >= 15 is 0 Å². The Morgan fingerprint density at radius 1 is 0.658 bits per heavy atom. The zero-order chi connectivity index (χ0) is 61.1. The fourth-order valence-electron chi connectivity index (χ4n) is 19.9. The second-order valence-corrected chi connectivity index (χ2v) is 29.2. The number of fused-ring (bicyclic) bond motifs is 14. The van der Waals surface area contributed by atoms with Crippen LogP contribution in [-0.4, -0.2) is 47.0 Å². The van der Waals surface area contributed by atoms with Crippen LogP contribution in [-0.2, 0) is 28.8 Å². The molecule has 0 bridgehead atoms. The minimum absolute atomic E-state index is 0.0470. The minimum Gasteiger partial charge on any atom is -0.317 e. The van der Waals surface area contributed by atoms with E-state index in [-0.39, 0.29) is 113 Å². The number of carbonyl (C=O) groups is 6.